The highest BCUT2D eigenvalue weighted by molar-refractivity contribution is 7.88. The Morgan fingerprint density at radius 1 is 1.07 bits per heavy atom. The maximum atomic E-state index is 12.7. The molecular weight excluding hydrogens is 376 g/mol. The molecule has 2 aromatic rings. The first-order valence-electron chi connectivity index (χ1n) is 9.35. The number of hydrogen-bond donors (Lipinski definition) is 1. The summed E-state index contributed by atoms with van der Waals surface area (Å²) in [6, 6.07) is 14.7. The van der Waals surface area contributed by atoms with Crippen LogP contribution in [0.5, 0.6) is 5.75 Å². The van der Waals surface area contributed by atoms with E-state index >= 15 is 0 Å². The average molecular weight is 403 g/mol. The van der Waals surface area contributed by atoms with E-state index in [1.54, 1.807) is 31.4 Å². The van der Waals surface area contributed by atoms with Crippen LogP contribution in [-0.2, 0) is 20.6 Å². The summed E-state index contributed by atoms with van der Waals surface area (Å²) in [5.41, 5.74) is 2.59. The summed E-state index contributed by atoms with van der Waals surface area (Å²) >= 11 is 0. The molecule has 3 rings (SSSR count). The number of aryl methyl sites for hydroxylation is 1. The van der Waals surface area contributed by atoms with E-state index in [0.717, 1.165) is 16.9 Å². The molecule has 0 saturated carbocycles. The van der Waals surface area contributed by atoms with Gasteiger partial charge in [0.05, 0.1) is 12.9 Å². The van der Waals surface area contributed by atoms with Crippen LogP contribution < -0.4 is 10.1 Å². The van der Waals surface area contributed by atoms with Gasteiger partial charge in [0, 0.05) is 24.7 Å². The lowest BCUT2D eigenvalue weighted by Gasteiger charge is -2.30. The molecule has 28 heavy (non-hydrogen) atoms. The molecule has 6 nitrogen and oxygen atoms in total. The molecule has 1 amide bonds. The van der Waals surface area contributed by atoms with Crippen molar-refractivity contribution in [3.05, 3.63) is 59.7 Å². The van der Waals surface area contributed by atoms with Crippen LogP contribution in [0.1, 0.15) is 24.0 Å². The Morgan fingerprint density at radius 2 is 1.68 bits per heavy atom. The number of carbonyl (C=O) groups excluding carboxylic acids is 1. The number of ether oxygens (including phenoxy) is 1. The van der Waals surface area contributed by atoms with Gasteiger partial charge in [0.1, 0.15) is 5.75 Å². The minimum Gasteiger partial charge on any atom is -0.497 e. The van der Waals surface area contributed by atoms with Crippen LogP contribution in [0.25, 0.3) is 0 Å². The summed E-state index contributed by atoms with van der Waals surface area (Å²) in [5.74, 6) is 0.467. The molecule has 0 aliphatic carbocycles. The fraction of sp³-hybridized carbons (Fsp3) is 0.381. The van der Waals surface area contributed by atoms with E-state index in [1.165, 1.54) is 4.31 Å². The number of nitrogens with one attached hydrogen (secondary N) is 1. The lowest BCUT2D eigenvalue weighted by Crippen LogP contribution is -2.41. The zero-order valence-corrected chi connectivity index (χ0v) is 17.0. The third kappa shape index (κ3) is 5.11. The third-order valence-electron chi connectivity index (χ3n) is 5.05. The number of piperidine rings is 1. The Bertz CT molecular complexity index is 900. The van der Waals surface area contributed by atoms with Crippen molar-refractivity contribution in [2.24, 2.45) is 5.92 Å². The summed E-state index contributed by atoms with van der Waals surface area (Å²) in [7, 11) is -1.79. The van der Waals surface area contributed by atoms with Crippen LogP contribution >= 0.6 is 0 Å². The molecule has 0 aromatic heterocycles. The minimum atomic E-state index is -3.38. The number of sulfonamides is 1. The predicted molar refractivity (Wildman–Crippen MR) is 110 cm³/mol. The summed E-state index contributed by atoms with van der Waals surface area (Å²) in [4.78, 5) is 12.5. The van der Waals surface area contributed by atoms with Crippen LogP contribution in [-0.4, -0.2) is 38.8 Å². The number of anilines is 1. The second kappa shape index (κ2) is 8.75. The largest absolute Gasteiger partial charge is 0.497 e. The Morgan fingerprint density at radius 3 is 2.25 bits per heavy atom. The van der Waals surface area contributed by atoms with Gasteiger partial charge in [0.25, 0.3) is 0 Å². The molecule has 1 N–H and O–H groups in total. The van der Waals surface area contributed by atoms with Gasteiger partial charge in [0.15, 0.2) is 0 Å². The molecule has 1 aliphatic heterocycles. The number of hydrogen-bond acceptors (Lipinski definition) is 4. The van der Waals surface area contributed by atoms with Crippen molar-refractivity contribution in [3.8, 4) is 5.75 Å². The number of nitrogens with zero attached hydrogens (tertiary/aromatic N) is 1. The summed E-state index contributed by atoms with van der Waals surface area (Å²) < 4.78 is 32.0. The summed E-state index contributed by atoms with van der Waals surface area (Å²) in [6.45, 7) is 2.71. The molecule has 1 fully saturated rings. The van der Waals surface area contributed by atoms with Crippen molar-refractivity contribution in [1.82, 2.24) is 4.31 Å². The van der Waals surface area contributed by atoms with E-state index in [4.69, 9.17) is 4.74 Å². The minimum absolute atomic E-state index is 0.00398. The van der Waals surface area contributed by atoms with Crippen molar-refractivity contribution in [3.63, 3.8) is 0 Å². The molecule has 0 unspecified atom stereocenters. The fourth-order valence-corrected chi connectivity index (χ4v) is 4.86. The van der Waals surface area contributed by atoms with Crippen LogP contribution in [0, 0.1) is 12.8 Å². The average Bonchev–Trinajstić information content (AvgIpc) is 2.70. The Labute approximate surface area is 166 Å². The van der Waals surface area contributed by atoms with Crippen molar-refractivity contribution in [2.75, 3.05) is 25.5 Å². The van der Waals surface area contributed by atoms with E-state index in [0.29, 0.717) is 31.6 Å². The van der Waals surface area contributed by atoms with E-state index in [2.05, 4.69) is 5.32 Å². The maximum Gasteiger partial charge on any atom is 0.227 e. The van der Waals surface area contributed by atoms with E-state index in [9.17, 15) is 13.2 Å². The second-order valence-corrected chi connectivity index (χ2v) is 9.10. The first kappa shape index (κ1) is 20.4. The molecule has 1 saturated heterocycles. The lowest BCUT2D eigenvalue weighted by atomic mass is 9.97. The van der Waals surface area contributed by atoms with Gasteiger partial charge in [-0.15, -0.1) is 0 Å². The van der Waals surface area contributed by atoms with Gasteiger partial charge in [-0.3, -0.25) is 4.79 Å². The normalized spacial score (nSPS) is 15.9. The van der Waals surface area contributed by atoms with Crippen LogP contribution in [0.3, 0.4) is 0 Å². The van der Waals surface area contributed by atoms with Gasteiger partial charge < -0.3 is 10.1 Å². The van der Waals surface area contributed by atoms with Gasteiger partial charge in [-0.25, -0.2) is 12.7 Å². The second-order valence-electron chi connectivity index (χ2n) is 7.13. The molecular formula is C21H26N2O4S. The number of rotatable bonds is 6. The van der Waals surface area contributed by atoms with Crippen molar-refractivity contribution < 1.29 is 17.9 Å². The summed E-state index contributed by atoms with van der Waals surface area (Å²) in [6.07, 6.45) is 1.05. The predicted octanol–water partition coefficient (Wildman–Crippen LogP) is 3.18. The fourth-order valence-electron chi connectivity index (χ4n) is 3.30. The molecule has 150 valence electrons. The van der Waals surface area contributed by atoms with Gasteiger partial charge in [-0.05, 0) is 49.6 Å². The zero-order valence-electron chi connectivity index (χ0n) is 16.2. The van der Waals surface area contributed by atoms with Gasteiger partial charge in [0.2, 0.25) is 15.9 Å². The molecule has 0 bridgehead atoms. The highest BCUT2D eigenvalue weighted by Crippen LogP contribution is 2.24. The number of carbonyl (C=O) groups is 1. The van der Waals surface area contributed by atoms with E-state index in [-0.39, 0.29) is 17.6 Å². The van der Waals surface area contributed by atoms with E-state index in [1.807, 2.05) is 31.2 Å². The van der Waals surface area contributed by atoms with Gasteiger partial charge in [-0.2, -0.15) is 0 Å². The Balaban J connectivity index is 1.54. The third-order valence-corrected chi connectivity index (χ3v) is 6.90. The quantitative estimate of drug-likeness (QED) is 0.805. The Hall–Kier alpha value is -2.38. The molecule has 1 heterocycles. The van der Waals surface area contributed by atoms with Crippen molar-refractivity contribution >= 4 is 21.6 Å². The molecule has 0 atom stereocenters. The highest BCUT2D eigenvalue weighted by atomic mass is 32.2. The Kier molecular flexibility index (Phi) is 6.36. The highest BCUT2D eigenvalue weighted by Gasteiger charge is 2.31. The van der Waals surface area contributed by atoms with Crippen molar-refractivity contribution in [1.29, 1.82) is 0 Å². The smallest absolute Gasteiger partial charge is 0.227 e. The van der Waals surface area contributed by atoms with Crippen LogP contribution in [0.4, 0.5) is 5.69 Å². The topological polar surface area (TPSA) is 75.7 Å². The van der Waals surface area contributed by atoms with Gasteiger partial charge in [-0.1, -0.05) is 29.8 Å². The van der Waals surface area contributed by atoms with Crippen LogP contribution in [0.15, 0.2) is 48.5 Å². The van der Waals surface area contributed by atoms with E-state index < -0.39 is 10.0 Å². The maximum absolute atomic E-state index is 12.7. The standard InChI is InChI=1S/C21H26N2O4S/c1-16-3-5-17(6-4-16)15-28(25,26)23-13-11-18(12-14-23)21(24)22-19-7-9-20(27-2)10-8-19/h3-10,18H,11-15H2,1-2H3,(H,22,24). The van der Waals surface area contributed by atoms with Gasteiger partial charge >= 0.3 is 0 Å². The molecule has 0 radical (unpaired) electrons. The SMILES string of the molecule is COc1ccc(NC(=O)C2CCN(S(=O)(=O)Cc3ccc(C)cc3)CC2)cc1. The van der Waals surface area contributed by atoms with Crippen LogP contribution in [0.2, 0.25) is 0 Å². The number of benzene rings is 2. The molecule has 7 heteroatoms. The van der Waals surface area contributed by atoms with Crippen molar-refractivity contribution in [2.45, 2.75) is 25.5 Å². The molecule has 2 aromatic carbocycles. The first-order chi connectivity index (χ1) is 13.4. The number of amides is 1. The lowest BCUT2D eigenvalue weighted by molar-refractivity contribution is -0.120. The zero-order chi connectivity index (χ0) is 20.1. The summed E-state index contributed by atoms with van der Waals surface area (Å²) in [5, 5.41) is 2.90. The molecule has 1 aliphatic rings. The molecule has 0 spiro atoms. The first-order valence-corrected chi connectivity index (χ1v) is 11.0. The number of methoxy groups -OCH3 is 1. The monoisotopic (exact) mass is 402 g/mol.